The zero-order chi connectivity index (χ0) is 9.26. The Hall–Kier alpha value is -0.0600. The van der Waals surface area contributed by atoms with E-state index in [0.29, 0.717) is 6.04 Å². The first-order valence-corrected chi connectivity index (χ1v) is 5.56. The second kappa shape index (κ2) is 5.14. The van der Waals surface area contributed by atoms with E-state index in [1.807, 2.05) is 4.68 Å². The summed E-state index contributed by atoms with van der Waals surface area (Å²) in [6.07, 6.45) is 4.52. The highest BCUT2D eigenvalue weighted by Crippen LogP contribution is 2.27. The number of rotatable bonds is 2. The molecule has 14 heavy (non-hydrogen) atoms. The van der Waals surface area contributed by atoms with E-state index in [1.54, 1.807) is 0 Å². The van der Waals surface area contributed by atoms with E-state index in [9.17, 15) is 0 Å². The van der Waals surface area contributed by atoms with Crippen molar-refractivity contribution in [1.29, 1.82) is 0 Å². The highest BCUT2D eigenvalue weighted by Gasteiger charge is 2.21. The molecular weight excluding hydrogens is 265 g/mol. The molecule has 1 aliphatic rings. The number of nitrogens with zero attached hydrogens (tertiary/aromatic N) is 2. The third-order valence-corrected chi connectivity index (χ3v) is 3.07. The molecule has 1 saturated heterocycles. The molecule has 1 aliphatic heterocycles. The van der Waals surface area contributed by atoms with E-state index < -0.39 is 0 Å². The van der Waals surface area contributed by atoms with Crippen LogP contribution in [-0.2, 0) is 6.54 Å². The zero-order valence-corrected chi connectivity index (χ0v) is 10.6. The maximum Gasteiger partial charge on any atom is 0.0935 e. The van der Waals surface area contributed by atoms with Crippen LogP contribution in [0, 0.1) is 0 Å². The van der Waals surface area contributed by atoms with Crippen molar-refractivity contribution in [3.8, 4) is 0 Å². The molecule has 0 bridgehead atoms. The molecular formula is C9H15BrClN3. The van der Waals surface area contributed by atoms with Crippen molar-refractivity contribution in [2.45, 2.75) is 32.4 Å². The van der Waals surface area contributed by atoms with Gasteiger partial charge < -0.3 is 5.32 Å². The van der Waals surface area contributed by atoms with Gasteiger partial charge in [0.2, 0.25) is 0 Å². The molecule has 80 valence electrons. The molecule has 1 fully saturated rings. The summed E-state index contributed by atoms with van der Waals surface area (Å²) in [6, 6.07) is 0.460. The standard InChI is InChI=1S/C9H14BrN3.ClH/c1-2-13-6-7(10)9(12-13)8-4-3-5-11-8;/h6,8,11H,2-5H2,1H3;1H. The second-order valence-electron chi connectivity index (χ2n) is 3.37. The predicted octanol–water partition coefficient (Wildman–Crippen LogP) is 2.51. The van der Waals surface area contributed by atoms with Crippen molar-refractivity contribution in [3.63, 3.8) is 0 Å². The molecule has 1 aromatic heterocycles. The lowest BCUT2D eigenvalue weighted by Gasteiger charge is -2.06. The smallest absolute Gasteiger partial charge is 0.0935 e. The molecule has 0 spiro atoms. The average Bonchev–Trinajstić information content (AvgIpc) is 2.72. The lowest BCUT2D eigenvalue weighted by molar-refractivity contribution is 0.584. The number of aryl methyl sites for hydroxylation is 1. The Kier molecular flexibility index (Phi) is 4.41. The maximum atomic E-state index is 4.52. The van der Waals surface area contributed by atoms with Crippen LogP contribution in [0.4, 0.5) is 0 Å². The van der Waals surface area contributed by atoms with Gasteiger partial charge in [0, 0.05) is 12.7 Å². The zero-order valence-electron chi connectivity index (χ0n) is 8.16. The summed E-state index contributed by atoms with van der Waals surface area (Å²) in [4.78, 5) is 0. The molecule has 1 atom stereocenters. The fraction of sp³-hybridized carbons (Fsp3) is 0.667. The predicted molar refractivity (Wildman–Crippen MR) is 62.8 cm³/mol. The van der Waals surface area contributed by atoms with Crippen molar-refractivity contribution < 1.29 is 0 Å². The summed E-state index contributed by atoms with van der Waals surface area (Å²) >= 11 is 3.54. The number of nitrogens with one attached hydrogen (secondary N) is 1. The van der Waals surface area contributed by atoms with Crippen molar-refractivity contribution >= 4 is 28.3 Å². The van der Waals surface area contributed by atoms with Crippen LogP contribution >= 0.6 is 28.3 Å². The number of halogens is 2. The van der Waals surface area contributed by atoms with Gasteiger partial charge in [-0.2, -0.15) is 5.10 Å². The molecule has 0 aliphatic carbocycles. The van der Waals surface area contributed by atoms with Gasteiger partial charge in [0.1, 0.15) is 0 Å². The van der Waals surface area contributed by atoms with Crippen LogP contribution in [0.2, 0.25) is 0 Å². The summed E-state index contributed by atoms with van der Waals surface area (Å²) in [5.74, 6) is 0. The highest BCUT2D eigenvalue weighted by molar-refractivity contribution is 9.10. The van der Waals surface area contributed by atoms with Gasteiger partial charge >= 0.3 is 0 Å². The van der Waals surface area contributed by atoms with Gasteiger partial charge in [-0.25, -0.2) is 0 Å². The minimum atomic E-state index is 0. The number of aromatic nitrogens is 2. The van der Waals surface area contributed by atoms with Crippen molar-refractivity contribution in [2.75, 3.05) is 6.54 Å². The SMILES string of the molecule is CCn1cc(Br)c(C2CCCN2)n1.Cl. The summed E-state index contributed by atoms with van der Waals surface area (Å²) in [5.41, 5.74) is 1.17. The van der Waals surface area contributed by atoms with Gasteiger partial charge in [-0.15, -0.1) is 12.4 Å². The maximum absolute atomic E-state index is 4.52. The van der Waals surface area contributed by atoms with Crippen molar-refractivity contribution in [1.82, 2.24) is 15.1 Å². The Bertz CT molecular complexity index is 294. The van der Waals surface area contributed by atoms with E-state index in [4.69, 9.17) is 0 Å². The van der Waals surface area contributed by atoms with Gasteiger partial charge in [-0.1, -0.05) is 0 Å². The first kappa shape index (κ1) is 12.0. The summed E-state index contributed by atoms with van der Waals surface area (Å²) in [5, 5.41) is 7.96. The van der Waals surface area contributed by atoms with Crippen LogP contribution in [0.25, 0.3) is 0 Å². The molecule has 2 rings (SSSR count). The third-order valence-electron chi connectivity index (χ3n) is 2.46. The molecule has 0 amide bonds. The molecule has 1 aromatic rings. The first-order valence-electron chi connectivity index (χ1n) is 4.77. The Labute approximate surface area is 98.8 Å². The molecule has 1 N–H and O–H groups in total. The first-order chi connectivity index (χ1) is 6.31. The van der Waals surface area contributed by atoms with Crippen molar-refractivity contribution in [3.05, 3.63) is 16.4 Å². The largest absolute Gasteiger partial charge is 0.309 e. The fourth-order valence-electron chi connectivity index (χ4n) is 1.73. The number of hydrogen-bond donors (Lipinski definition) is 1. The van der Waals surface area contributed by atoms with Crippen LogP contribution in [0.3, 0.4) is 0 Å². The van der Waals surface area contributed by atoms with E-state index >= 15 is 0 Å². The van der Waals surface area contributed by atoms with Crippen LogP contribution in [0.1, 0.15) is 31.5 Å². The van der Waals surface area contributed by atoms with E-state index in [-0.39, 0.29) is 12.4 Å². The van der Waals surface area contributed by atoms with Gasteiger partial charge in [0.05, 0.1) is 16.2 Å². The van der Waals surface area contributed by atoms with Crippen molar-refractivity contribution in [2.24, 2.45) is 0 Å². The van der Waals surface area contributed by atoms with Crippen LogP contribution in [0.5, 0.6) is 0 Å². The Morgan fingerprint density at radius 3 is 3.00 bits per heavy atom. The molecule has 0 saturated carbocycles. The molecule has 3 nitrogen and oxygen atoms in total. The quantitative estimate of drug-likeness (QED) is 0.902. The minimum Gasteiger partial charge on any atom is -0.309 e. The molecule has 5 heteroatoms. The Morgan fingerprint density at radius 2 is 2.50 bits per heavy atom. The molecule has 0 radical (unpaired) electrons. The molecule has 2 heterocycles. The van der Waals surface area contributed by atoms with Crippen LogP contribution < -0.4 is 5.32 Å². The Morgan fingerprint density at radius 1 is 1.71 bits per heavy atom. The van der Waals surface area contributed by atoms with Gasteiger partial charge in [-0.05, 0) is 42.2 Å². The van der Waals surface area contributed by atoms with Gasteiger partial charge in [0.15, 0.2) is 0 Å². The highest BCUT2D eigenvalue weighted by atomic mass is 79.9. The summed E-state index contributed by atoms with van der Waals surface area (Å²) < 4.78 is 3.10. The van der Waals surface area contributed by atoms with Gasteiger partial charge in [-0.3, -0.25) is 4.68 Å². The molecule has 1 unspecified atom stereocenters. The monoisotopic (exact) mass is 279 g/mol. The Balaban J connectivity index is 0.000000980. The fourth-order valence-corrected chi connectivity index (χ4v) is 2.32. The van der Waals surface area contributed by atoms with Gasteiger partial charge in [0.25, 0.3) is 0 Å². The summed E-state index contributed by atoms with van der Waals surface area (Å²) in [7, 11) is 0. The number of hydrogen-bond acceptors (Lipinski definition) is 2. The minimum absolute atomic E-state index is 0. The lowest BCUT2D eigenvalue weighted by Crippen LogP contribution is -2.14. The lowest BCUT2D eigenvalue weighted by atomic mass is 10.2. The van der Waals surface area contributed by atoms with E-state index in [2.05, 4.69) is 39.5 Å². The van der Waals surface area contributed by atoms with Crippen LogP contribution in [-0.4, -0.2) is 16.3 Å². The topological polar surface area (TPSA) is 29.9 Å². The second-order valence-corrected chi connectivity index (χ2v) is 4.22. The third kappa shape index (κ3) is 2.30. The van der Waals surface area contributed by atoms with Crippen LogP contribution in [0.15, 0.2) is 10.7 Å². The van der Waals surface area contributed by atoms with E-state index in [0.717, 1.165) is 17.6 Å². The van der Waals surface area contributed by atoms with E-state index in [1.165, 1.54) is 18.5 Å². The molecule has 0 aromatic carbocycles. The summed E-state index contributed by atoms with van der Waals surface area (Å²) in [6.45, 7) is 4.16. The average molecular weight is 281 g/mol. The normalized spacial score (nSPS) is 20.9.